The zero-order chi connectivity index (χ0) is 12.7. The molecule has 0 radical (unpaired) electrons. The Labute approximate surface area is 92.1 Å². The van der Waals surface area contributed by atoms with Crippen LogP contribution in [0.5, 0.6) is 0 Å². The lowest BCUT2D eigenvalue weighted by Gasteiger charge is -2.13. The van der Waals surface area contributed by atoms with E-state index >= 15 is 0 Å². The van der Waals surface area contributed by atoms with Crippen LogP contribution < -0.4 is 0 Å². The molecule has 1 atom stereocenters. The summed E-state index contributed by atoms with van der Waals surface area (Å²) in [5.41, 5.74) is 0. The fourth-order valence-corrected chi connectivity index (χ4v) is 0.859. The van der Waals surface area contributed by atoms with Crippen molar-refractivity contribution in [2.75, 3.05) is 0 Å². The van der Waals surface area contributed by atoms with Crippen LogP contribution in [-0.4, -0.2) is 12.2 Å². The van der Waals surface area contributed by atoms with E-state index < -0.39 is 0 Å². The lowest BCUT2D eigenvalue weighted by Crippen LogP contribution is -2.02. The molecule has 0 fully saturated rings. The highest BCUT2D eigenvalue weighted by atomic mass is 16.1. The number of hydrogen-bond acceptors (Lipinski definition) is 2. The molecule has 0 aromatic carbocycles. The van der Waals surface area contributed by atoms with Gasteiger partial charge in [-0.1, -0.05) is 47.0 Å². The van der Waals surface area contributed by atoms with E-state index in [0.29, 0.717) is 12.2 Å². The molecule has 0 aliphatic carbocycles. The van der Waals surface area contributed by atoms with E-state index in [1.807, 2.05) is 0 Å². The predicted molar refractivity (Wildman–Crippen MR) is 61.6 cm³/mol. The van der Waals surface area contributed by atoms with Gasteiger partial charge in [-0.05, 0) is 24.0 Å². The zero-order valence-electron chi connectivity index (χ0n) is 9.99. The zero-order valence-corrected chi connectivity index (χ0v) is 9.99. The molecule has 0 bridgehead atoms. The third-order valence-electron chi connectivity index (χ3n) is 2.15. The molecule has 0 saturated carbocycles. The van der Waals surface area contributed by atoms with Crippen molar-refractivity contribution in [3.8, 4) is 0 Å². The molecule has 0 aliphatic heterocycles. The molecular weight excluding hydrogens is 192 g/mol. The molecule has 0 saturated heterocycles. The summed E-state index contributed by atoms with van der Waals surface area (Å²) in [5, 5.41) is 13.5. The summed E-state index contributed by atoms with van der Waals surface area (Å²) in [6.45, 7) is 9.22. The summed E-state index contributed by atoms with van der Waals surface area (Å²) in [4.78, 5) is 16.5. The summed E-state index contributed by atoms with van der Waals surface area (Å²) in [6.07, 6.45) is 5.16. The van der Waals surface area contributed by atoms with Crippen molar-refractivity contribution >= 4 is 12.2 Å². The molecular formula is C11H20N2O2-2. The molecule has 4 nitrogen and oxygen atoms in total. The number of nitrogens with zero attached hydrogens (tertiary/aromatic N) is 2. The Morgan fingerprint density at radius 1 is 1.07 bits per heavy atom. The highest BCUT2D eigenvalue weighted by molar-refractivity contribution is 5.37. The summed E-state index contributed by atoms with van der Waals surface area (Å²) >= 11 is 0. The van der Waals surface area contributed by atoms with E-state index in [4.69, 9.17) is 20.4 Å². The van der Waals surface area contributed by atoms with Gasteiger partial charge in [0.15, 0.2) is 0 Å². The first-order valence-electron chi connectivity index (χ1n) is 5.04. The number of carbonyl (C=O) groups excluding carboxylic acids is 2. The molecule has 1 unspecified atom stereocenters. The first-order valence-corrected chi connectivity index (χ1v) is 5.04. The molecule has 0 aromatic heterocycles. The summed E-state index contributed by atoms with van der Waals surface area (Å²) < 4.78 is 0. The van der Waals surface area contributed by atoms with E-state index in [1.165, 1.54) is 19.3 Å². The topological polar surface area (TPSA) is 78.7 Å². The minimum absolute atomic E-state index is 0.500. The van der Waals surface area contributed by atoms with Gasteiger partial charge >= 0.3 is 0 Å². The van der Waals surface area contributed by atoms with Crippen molar-refractivity contribution in [1.29, 1.82) is 0 Å². The van der Waals surface area contributed by atoms with Gasteiger partial charge in [0.05, 0.1) is 0 Å². The maximum absolute atomic E-state index is 8.24. The Bertz CT molecular complexity index is 167. The van der Waals surface area contributed by atoms with E-state index in [1.54, 1.807) is 0 Å². The molecule has 0 rings (SSSR count). The van der Waals surface area contributed by atoms with E-state index in [-0.39, 0.29) is 0 Å². The van der Waals surface area contributed by atoms with Gasteiger partial charge in [0.25, 0.3) is 0 Å². The summed E-state index contributed by atoms with van der Waals surface area (Å²) in [6, 6.07) is 0. The van der Waals surface area contributed by atoms with Gasteiger partial charge in [-0.15, -0.1) is 0 Å². The predicted octanol–water partition coefficient (Wildman–Crippen LogP) is 3.25. The fourth-order valence-electron chi connectivity index (χ4n) is 0.859. The average molecular weight is 212 g/mol. The van der Waals surface area contributed by atoms with Crippen molar-refractivity contribution in [2.24, 2.45) is 11.8 Å². The van der Waals surface area contributed by atoms with Crippen LogP contribution in [0.15, 0.2) is 0 Å². The maximum atomic E-state index is 8.24. The number of unbranched alkanes of at least 4 members (excludes halogenated alkanes) is 1. The molecule has 0 heterocycles. The smallest absolute Gasteiger partial charge is 0.0159 e. The lowest BCUT2D eigenvalue weighted by molar-refractivity contribution is 0.381. The Morgan fingerprint density at radius 3 is 1.60 bits per heavy atom. The minimum Gasteiger partial charge on any atom is -0.724 e. The number of isocyanates is 2. The van der Waals surface area contributed by atoms with Gasteiger partial charge in [0.1, 0.15) is 0 Å². The second-order valence-electron chi connectivity index (χ2n) is 3.55. The quantitative estimate of drug-likeness (QED) is 0.529. The van der Waals surface area contributed by atoms with Gasteiger partial charge in [0.2, 0.25) is 0 Å². The SMILES string of the molecule is CCCCC(C)C(C)C.[N-]=C=O.[N-]=C=O. The monoisotopic (exact) mass is 212 g/mol. The van der Waals surface area contributed by atoms with Crippen LogP contribution >= 0.6 is 0 Å². The Morgan fingerprint density at radius 2 is 1.40 bits per heavy atom. The molecule has 0 N–H and O–H groups in total. The third kappa shape index (κ3) is 32.3. The van der Waals surface area contributed by atoms with Crippen LogP contribution in [0.1, 0.15) is 47.0 Å². The highest BCUT2D eigenvalue weighted by Gasteiger charge is 2.04. The van der Waals surface area contributed by atoms with Gasteiger partial charge in [0, 0.05) is 0 Å². The molecule has 0 spiro atoms. The van der Waals surface area contributed by atoms with Gasteiger partial charge in [-0.3, -0.25) is 9.59 Å². The van der Waals surface area contributed by atoms with E-state index in [0.717, 1.165) is 11.8 Å². The Kier molecular flexibility index (Phi) is 23.9. The molecule has 0 aliphatic rings. The Hall–Kier alpha value is -1.24. The lowest BCUT2D eigenvalue weighted by atomic mass is 9.93. The van der Waals surface area contributed by atoms with Crippen molar-refractivity contribution in [3.05, 3.63) is 10.8 Å². The van der Waals surface area contributed by atoms with Crippen LogP contribution in [0, 0.1) is 11.8 Å². The van der Waals surface area contributed by atoms with Crippen molar-refractivity contribution in [2.45, 2.75) is 47.0 Å². The second-order valence-corrected chi connectivity index (χ2v) is 3.55. The third-order valence-corrected chi connectivity index (χ3v) is 2.15. The molecule has 88 valence electrons. The first-order chi connectivity index (χ1) is 7.01. The van der Waals surface area contributed by atoms with E-state index in [2.05, 4.69) is 27.7 Å². The standard InChI is InChI=1S/C9H20.2CNO/c1-5-6-7-9(4)8(2)3;2*2-1-3/h8-9H,5-7H2,1-4H3;;/q;2*-1. The van der Waals surface area contributed by atoms with Gasteiger partial charge in [-0.2, -0.15) is 0 Å². The summed E-state index contributed by atoms with van der Waals surface area (Å²) in [7, 11) is 0. The van der Waals surface area contributed by atoms with Crippen molar-refractivity contribution in [3.63, 3.8) is 0 Å². The number of rotatable bonds is 4. The Balaban J connectivity index is -0.000000200. The largest absolute Gasteiger partial charge is 0.724 e. The fraction of sp³-hybridized carbons (Fsp3) is 0.818. The normalized spacial score (nSPS) is 9.67. The van der Waals surface area contributed by atoms with Gasteiger partial charge < -0.3 is 10.8 Å². The van der Waals surface area contributed by atoms with Crippen molar-refractivity contribution in [1.82, 2.24) is 0 Å². The molecule has 4 heteroatoms. The van der Waals surface area contributed by atoms with Gasteiger partial charge in [-0.25, -0.2) is 0 Å². The molecule has 0 aromatic rings. The van der Waals surface area contributed by atoms with Crippen LogP contribution in [0.2, 0.25) is 0 Å². The first kappa shape index (κ1) is 19.4. The van der Waals surface area contributed by atoms with E-state index in [9.17, 15) is 0 Å². The van der Waals surface area contributed by atoms with Crippen LogP contribution in [0.4, 0.5) is 0 Å². The number of hydrogen-bond donors (Lipinski definition) is 0. The molecule has 0 amide bonds. The molecule has 15 heavy (non-hydrogen) atoms. The van der Waals surface area contributed by atoms with Crippen LogP contribution in [0.3, 0.4) is 0 Å². The summed E-state index contributed by atoms with van der Waals surface area (Å²) in [5.74, 6) is 1.79. The van der Waals surface area contributed by atoms with Crippen molar-refractivity contribution < 1.29 is 9.59 Å². The minimum atomic E-state index is 0.500. The van der Waals surface area contributed by atoms with Crippen LogP contribution in [-0.2, 0) is 9.59 Å². The average Bonchev–Trinajstić information content (AvgIpc) is 2.16. The van der Waals surface area contributed by atoms with Crippen LogP contribution in [0.25, 0.3) is 10.8 Å². The second kappa shape index (κ2) is 18.5. The maximum Gasteiger partial charge on any atom is -0.0159 e. The highest BCUT2D eigenvalue weighted by Crippen LogP contribution is 2.16.